The molecule has 0 saturated heterocycles. The maximum Gasteiger partial charge on any atom is 0.0647 e. The molecule has 0 N–H and O–H groups in total. The molecule has 0 radical (unpaired) electrons. The van der Waals surface area contributed by atoms with Crippen LogP contribution in [0.5, 0.6) is 0 Å². The van der Waals surface area contributed by atoms with Crippen LogP contribution in [-0.2, 0) is 32.5 Å². The van der Waals surface area contributed by atoms with Gasteiger partial charge in [0.1, 0.15) is 0 Å². The fraction of sp³-hybridized carbons (Fsp3) is 0.397. The summed E-state index contributed by atoms with van der Waals surface area (Å²) in [4.78, 5) is 7.94. The van der Waals surface area contributed by atoms with Crippen LogP contribution in [0.15, 0.2) is 151 Å². The first-order chi connectivity index (χ1) is 36.4. The van der Waals surface area contributed by atoms with Gasteiger partial charge >= 0.3 is 0 Å². The van der Waals surface area contributed by atoms with E-state index in [9.17, 15) is 0 Å². The van der Waals surface area contributed by atoms with Gasteiger partial charge < -0.3 is 14.7 Å². The van der Waals surface area contributed by atoms with Crippen LogP contribution in [0.4, 0.5) is 45.5 Å². The molecule has 0 bridgehead atoms. The van der Waals surface area contributed by atoms with Crippen LogP contribution < -0.4 is 14.7 Å². The highest BCUT2D eigenvalue weighted by Gasteiger charge is 2.57. The average Bonchev–Trinajstić information content (AvgIpc) is 4.09. The highest BCUT2D eigenvalue weighted by atomic mass is 32.1. The third-order valence-electron chi connectivity index (χ3n) is 20.0. The predicted molar refractivity (Wildman–Crippen MR) is 333 cm³/mol. The van der Waals surface area contributed by atoms with Crippen molar-refractivity contribution in [3.05, 3.63) is 190 Å². The molecule has 1 fully saturated rings. The normalized spacial score (nSPS) is 21.7. The number of hydrogen-bond acceptors (Lipinski definition) is 4. The number of aryl methyl sites for hydroxylation is 1. The average molecular weight is 1030 g/mol. The van der Waals surface area contributed by atoms with Crippen molar-refractivity contribution >= 4 is 66.9 Å². The van der Waals surface area contributed by atoms with E-state index >= 15 is 0 Å². The summed E-state index contributed by atoms with van der Waals surface area (Å²) in [7, 11) is 0. The quantitative estimate of drug-likeness (QED) is 0.150. The minimum atomic E-state index is -0.0644. The zero-order valence-electron chi connectivity index (χ0n) is 48.8. The van der Waals surface area contributed by atoms with Gasteiger partial charge in [-0.2, -0.15) is 0 Å². The summed E-state index contributed by atoms with van der Waals surface area (Å²) in [5, 5.41) is 3.79. The molecule has 2 heterocycles. The Morgan fingerprint density at radius 1 is 0.468 bits per heavy atom. The van der Waals surface area contributed by atoms with Crippen LogP contribution in [0, 0.1) is 6.92 Å². The van der Waals surface area contributed by atoms with Crippen LogP contribution in [-0.4, -0.2) is 5.54 Å². The second-order valence-corrected chi connectivity index (χ2v) is 28.9. The third kappa shape index (κ3) is 8.40. The number of rotatable bonds is 8. The summed E-state index contributed by atoms with van der Waals surface area (Å²) in [6.07, 6.45) is 9.59. The van der Waals surface area contributed by atoms with E-state index < -0.39 is 0 Å². The number of para-hydroxylation sites is 1. The number of nitrogens with zero attached hydrogens (tertiary/aromatic N) is 3. The summed E-state index contributed by atoms with van der Waals surface area (Å²) in [5.74, 6) is 0. The lowest BCUT2D eigenvalue weighted by Crippen LogP contribution is -2.54. The van der Waals surface area contributed by atoms with Gasteiger partial charge in [0.25, 0.3) is 0 Å². The molecular weight excluding hydrogens is 951 g/mol. The monoisotopic (exact) mass is 1030 g/mol. The molecule has 4 heteroatoms. The predicted octanol–water partition coefficient (Wildman–Crippen LogP) is 21.6. The molecule has 7 aromatic carbocycles. The molecular formula is C73H83N3S. The summed E-state index contributed by atoms with van der Waals surface area (Å²) in [5.41, 5.74) is 22.4. The van der Waals surface area contributed by atoms with Crippen molar-refractivity contribution in [1.82, 2.24) is 0 Å². The van der Waals surface area contributed by atoms with Crippen LogP contribution in [0.2, 0.25) is 0 Å². The van der Waals surface area contributed by atoms with Crippen LogP contribution in [0.3, 0.4) is 0 Å². The lowest BCUT2D eigenvalue weighted by atomic mass is 9.61. The van der Waals surface area contributed by atoms with E-state index in [2.05, 4.69) is 263 Å². The molecule has 8 aromatic rings. The first-order valence-corrected chi connectivity index (χ1v) is 29.9. The molecule has 4 aliphatic rings. The van der Waals surface area contributed by atoms with E-state index in [0.717, 1.165) is 35.6 Å². The van der Waals surface area contributed by atoms with E-state index in [1.165, 1.54) is 121 Å². The van der Waals surface area contributed by atoms with Crippen molar-refractivity contribution in [3.63, 3.8) is 0 Å². The first-order valence-electron chi connectivity index (χ1n) is 29.0. The SMILES string of the molecule is Cc1cc(N(c2cccc(N3c4ccccc4C4(C)CCCCC34C)c2)c2ccc(C(C)(C)C)cc2-c2ccccc2)cc(N(c2ccc3c(c2)C(C)(C)CCC3(C)C)c2csc3cc4c(cc23)C(C)(C)CCC4(C)C)c1. The zero-order valence-corrected chi connectivity index (χ0v) is 49.7. The van der Waals surface area contributed by atoms with Gasteiger partial charge in [0, 0.05) is 60.6 Å². The van der Waals surface area contributed by atoms with Crippen molar-refractivity contribution in [2.24, 2.45) is 0 Å². The summed E-state index contributed by atoms with van der Waals surface area (Å²) in [6, 6.07) is 57.2. The molecule has 3 aliphatic carbocycles. The van der Waals surface area contributed by atoms with Gasteiger partial charge in [-0.1, -0.05) is 163 Å². The second kappa shape index (κ2) is 18.0. The van der Waals surface area contributed by atoms with Crippen LogP contribution >= 0.6 is 11.3 Å². The molecule has 2 atom stereocenters. The van der Waals surface area contributed by atoms with Crippen molar-refractivity contribution in [3.8, 4) is 11.1 Å². The first kappa shape index (κ1) is 51.6. The Kier molecular flexibility index (Phi) is 12.1. The lowest BCUT2D eigenvalue weighted by molar-refractivity contribution is 0.195. The largest absolute Gasteiger partial charge is 0.334 e. The Bertz CT molecular complexity index is 3600. The fourth-order valence-corrected chi connectivity index (χ4v) is 15.7. The van der Waals surface area contributed by atoms with E-state index in [-0.39, 0.29) is 38.0 Å². The molecule has 3 nitrogen and oxygen atoms in total. The number of fused-ring (bicyclic) bond motifs is 6. The molecule has 2 unspecified atom stereocenters. The van der Waals surface area contributed by atoms with E-state index in [0.29, 0.717) is 0 Å². The smallest absolute Gasteiger partial charge is 0.0647 e. The van der Waals surface area contributed by atoms with Crippen molar-refractivity contribution in [1.29, 1.82) is 0 Å². The molecule has 0 spiro atoms. The fourth-order valence-electron chi connectivity index (χ4n) is 14.7. The van der Waals surface area contributed by atoms with Gasteiger partial charge in [0.05, 0.1) is 16.9 Å². The number of anilines is 8. The molecule has 1 aliphatic heterocycles. The minimum absolute atomic E-state index is 0.0405. The molecule has 0 amide bonds. The Morgan fingerprint density at radius 3 is 1.75 bits per heavy atom. The second-order valence-electron chi connectivity index (χ2n) is 28.0. The van der Waals surface area contributed by atoms with Crippen molar-refractivity contribution < 1.29 is 0 Å². The molecule has 1 aromatic heterocycles. The standard InChI is InChI=1S/C73H83N3S/c1-48-39-54(43-55(40-48)75(52-30-31-58-60(44-52)69(7,8)36-35-68(58,5)6)65-47-77-66-46-62-61(45-57(65)66)70(9,10)37-38-71(62,11)12)74(63-32-29-50(67(2,3)4)41-56(63)49-23-16-15-17-24-49)51-25-22-26-53(42-51)76-64-28-19-18-27-59(64)72(13)33-20-21-34-73(72,76)14/h15-19,22-32,39-47H,20-21,33-38H2,1-14H3. The number of benzene rings is 7. The lowest BCUT2D eigenvalue weighted by Gasteiger charge is -2.50. The summed E-state index contributed by atoms with van der Waals surface area (Å²) < 4.78 is 1.36. The Morgan fingerprint density at radius 2 is 1.06 bits per heavy atom. The van der Waals surface area contributed by atoms with E-state index in [1.54, 1.807) is 0 Å². The van der Waals surface area contributed by atoms with E-state index in [4.69, 9.17) is 0 Å². The van der Waals surface area contributed by atoms with Crippen molar-refractivity contribution in [2.75, 3.05) is 14.7 Å². The molecule has 1 saturated carbocycles. The number of thiophene rings is 1. The molecule has 77 heavy (non-hydrogen) atoms. The number of hydrogen-bond donors (Lipinski definition) is 0. The zero-order chi connectivity index (χ0) is 54.2. The van der Waals surface area contributed by atoms with Gasteiger partial charge in [-0.25, -0.2) is 0 Å². The topological polar surface area (TPSA) is 9.72 Å². The highest BCUT2D eigenvalue weighted by Crippen LogP contribution is 2.61. The maximum absolute atomic E-state index is 2.73. The van der Waals surface area contributed by atoms with Gasteiger partial charge in [-0.15, -0.1) is 11.3 Å². The van der Waals surface area contributed by atoms with Gasteiger partial charge in [0.15, 0.2) is 0 Å². The highest BCUT2D eigenvalue weighted by molar-refractivity contribution is 7.17. The van der Waals surface area contributed by atoms with Gasteiger partial charge in [-0.05, 0) is 203 Å². The van der Waals surface area contributed by atoms with E-state index in [1.807, 2.05) is 11.3 Å². The molecule has 396 valence electrons. The summed E-state index contributed by atoms with van der Waals surface area (Å²) in [6.45, 7) is 34.1. The Labute approximate surface area is 466 Å². The Hall–Kier alpha value is -6.10. The van der Waals surface area contributed by atoms with Gasteiger partial charge in [-0.3, -0.25) is 0 Å². The summed E-state index contributed by atoms with van der Waals surface area (Å²) >= 11 is 1.90. The van der Waals surface area contributed by atoms with Crippen LogP contribution in [0.25, 0.3) is 21.2 Å². The van der Waals surface area contributed by atoms with Crippen LogP contribution in [0.1, 0.15) is 180 Å². The van der Waals surface area contributed by atoms with Crippen molar-refractivity contribution in [2.45, 2.75) is 186 Å². The van der Waals surface area contributed by atoms with Gasteiger partial charge in [0.2, 0.25) is 0 Å². The minimum Gasteiger partial charge on any atom is -0.334 e. The molecule has 12 rings (SSSR count). The maximum atomic E-state index is 2.73. The Balaban J connectivity index is 1.11. The third-order valence-corrected chi connectivity index (χ3v) is 20.9.